The lowest BCUT2D eigenvalue weighted by atomic mass is 9.67. The minimum Gasteiger partial charge on any atom is -0.310 e. The van der Waals surface area contributed by atoms with Gasteiger partial charge in [-0.15, -0.1) is 0 Å². The first-order valence-corrected chi connectivity index (χ1v) is 26.9. The second kappa shape index (κ2) is 18.9. The first-order chi connectivity index (χ1) is 39.8. The summed E-state index contributed by atoms with van der Waals surface area (Å²) in [7, 11) is 0. The normalized spacial score (nSPS) is 12.5. The maximum absolute atomic E-state index is 15.7. The average molecular weight is 1060 g/mol. The lowest BCUT2D eigenvalue weighted by molar-refractivity contribution is 0.509. The number of anilines is 6. The van der Waals surface area contributed by atoms with E-state index >= 15 is 17.6 Å². The monoisotopic (exact) mass is 1050 g/mol. The highest BCUT2D eigenvalue weighted by atomic mass is 19.2. The van der Waals surface area contributed by atoms with Crippen molar-refractivity contribution in [2.75, 3.05) is 9.80 Å². The fraction of sp³-hybridized carbons (Fsp3) is 0.0137. The number of benzene rings is 12. The molecule has 2 aromatic heterocycles. The van der Waals surface area contributed by atoms with Gasteiger partial charge in [-0.25, -0.2) is 17.6 Å². The fourth-order valence-electron chi connectivity index (χ4n) is 12.8. The second-order valence-corrected chi connectivity index (χ2v) is 20.6. The maximum atomic E-state index is 15.7. The third-order valence-corrected chi connectivity index (χ3v) is 16.2. The zero-order valence-corrected chi connectivity index (χ0v) is 43.4. The molecule has 0 N–H and O–H groups in total. The van der Waals surface area contributed by atoms with E-state index in [4.69, 9.17) is 0 Å². The van der Waals surface area contributed by atoms with Gasteiger partial charge in [-0.05, 0) is 155 Å². The van der Waals surface area contributed by atoms with Crippen molar-refractivity contribution in [3.63, 3.8) is 0 Å². The first-order valence-electron chi connectivity index (χ1n) is 26.9. The van der Waals surface area contributed by atoms with E-state index in [1.54, 1.807) is 12.1 Å². The fourth-order valence-corrected chi connectivity index (χ4v) is 12.8. The Hall–Kier alpha value is -10.4. The van der Waals surface area contributed by atoms with Gasteiger partial charge in [-0.2, -0.15) is 0 Å². The summed E-state index contributed by atoms with van der Waals surface area (Å²) < 4.78 is 66.0. The third-order valence-electron chi connectivity index (χ3n) is 16.2. The highest BCUT2D eigenvalue weighted by molar-refractivity contribution is 6.12. The van der Waals surface area contributed by atoms with Crippen LogP contribution in [0.1, 0.15) is 22.3 Å². The summed E-state index contributed by atoms with van der Waals surface area (Å²) >= 11 is 0. The number of fused-ring (bicyclic) bond motifs is 9. The standard InChI is InChI=1S/C73H46F4N4/c74-65-37-31-55(45-67(65)76)78(51-33-39-71-61(41-51)59-25-13-15-27-69(59)80(71)49-21-9-3-10-22-49)53-29-35-57-58-36-30-54(44-64(58)73(63(57)43-53,47-17-5-1-6-18-47)48-19-7-2-8-20-48)79(56-32-38-66(75)68(77)46-56)52-34-40-72-62(42-52)60-26-14-16-28-70(60)81(72)50-23-11-4-12-24-50/h1-46H. The first kappa shape index (κ1) is 47.7. The van der Waals surface area contributed by atoms with Crippen molar-refractivity contribution in [1.82, 2.24) is 9.13 Å². The summed E-state index contributed by atoms with van der Waals surface area (Å²) in [6.07, 6.45) is 0. The molecule has 8 heteroatoms. The Morgan fingerprint density at radius 3 is 0.988 bits per heavy atom. The molecular weight excluding hydrogens is 1010 g/mol. The second-order valence-electron chi connectivity index (χ2n) is 20.6. The molecule has 12 aromatic carbocycles. The molecule has 0 saturated heterocycles. The van der Waals surface area contributed by atoms with Crippen LogP contribution in [0.3, 0.4) is 0 Å². The summed E-state index contributed by atoms with van der Waals surface area (Å²) in [5.41, 5.74) is 14.9. The molecule has 0 bridgehead atoms. The zero-order valence-electron chi connectivity index (χ0n) is 43.4. The van der Waals surface area contributed by atoms with Gasteiger partial charge in [-0.1, -0.05) is 146 Å². The summed E-state index contributed by atoms with van der Waals surface area (Å²) in [5, 5.41) is 4.09. The molecular formula is C73H46F4N4. The summed E-state index contributed by atoms with van der Waals surface area (Å²) in [6.45, 7) is 0. The van der Waals surface area contributed by atoms with Crippen LogP contribution in [0.5, 0.6) is 0 Å². The Labute approximate surface area is 464 Å². The van der Waals surface area contributed by atoms with Gasteiger partial charge in [0.1, 0.15) is 0 Å². The molecule has 0 atom stereocenters. The van der Waals surface area contributed by atoms with Gasteiger partial charge in [0, 0.05) is 79.2 Å². The molecule has 0 amide bonds. The van der Waals surface area contributed by atoms with E-state index in [2.05, 4.69) is 167 Å². The molecule has 2 heterocycles. The number of hydrogen-bond donors (Lipinski definition) is 0. The predicted molar refractivity (Wildman–Crippen MR) is 322 cm³/mol. The number of rotatable bonds is 10. The minimum atomic E-state index is -0.973. The van der Waals surface area contributed by atoms with Gasteiger partial charge < -0.3 is 18.9 Å². The average Bonchev–Trinajstić information content (AvgIpc) is 4.16. The van der Waals surface area contributed by atoms with Crippen LogP contribution in [-0.2, 0) is 5.41 Å². The quantitative estimate of drug-likeness (QED) is 0.127. The molecule has 0 unspecified atom stereocenters. The van der Waals surface area contributed by atoms with Crippen LogP contribution < -0.4 is 9.80 Å². The molecule has 1 aliphatic rings. The van der Waals surface area contributed by atoms with Crippen LogP contribution in [-0.4, -0.2) is 9.13 Å². The molecule has 81 heavy (non-hydrogen) atoms. The minimum absolute atomic E-state index is 0.439. The predicted octanol–water partition coefficient (Wildman–Crippen LogP) is 19.7. The van der Waals surface area contributed by atoms with Crippen LogP contribution in [0.15, 0.2) is 279 Å². The highest BCUT2D eigenvalue weighted by Gasteiger charge is 2.47. The van der Waals surface area contributed by atoms with E-state index < -0.39 is 28.7 Å². The van der Waals surface area contributed by atoms with Crippen molar-refractivity contribution in [3.05, 3.63) is 325 Å². The van der Waals surface area contributed by atoms with Crippen molar-refractivity contribution < 1.29 is 17.6 Å². The van der Waals surface area contributed by atoms with Crippen LogP contribution >= 0.6 is 0 Å². The molecule has 15 rings (SSSR count). The molecule has 0 saturated carbocycles. The van der Waals surface area contributed by atoms with Crippen LogP contribution in [0, 0.1) is 23.3 Å². The van der Waals surface area contributed by atoms with E-state index in [0.29, 0.717) is 11.4 Å². The van der Waals surface area contributed by atoms with Crippen molar-refractivity contribution in [1.29, 1.82) is 0 Å². The number of halogens is 4. The molecule has 386 valence electrons. The van der Waals surface area contributed by atoms with Gasteiger partial charge in [0.2, 0.25) is 0 Å². The van der Waals surface area contributed by atoms with Gasteiger partial charge in [0.25, 0.3) is 0 Å². The molecule has 0 radical (unpaired) electrons. The smallest absolute Gasteiger partial charge is 0.160 e. The number of para-hydroxylation sites is 4. The Morgan fingerprint density at radius 1 is 0.259 bits per heavy atom. The maximum Gasteiger partial charge on any atom is 0.160 e. The van der Waals surface area contributed by atoms with Gasteiger partial charge >= 0.3 is 0 Å². The molecule has 0 aliphatic heterocycles. The van der Waals surface area contributed by atoms with Crippen LogP contribution in [0.25, 0.3) is 66.1 Å². The van der Waals surface area contributed by atoms with Crippen LogP contribution in [0.2, 0.25) is 0 Å². The summed E-state index contributed by atoms with van der Waals surface area (Å²) in [5.74, 6) is -3.81. The lowest BCUT2D eigenvalue weighted by Crippen LogP contribution is -2.29. The number of hydrogen-bond acceptors (Lipinski definition) is 2. The summed E-state index contributed by atoms with van der Waals surface area (Å²) in [4.78, 5) is 4.00. The molecule has 1 aliphatic carbocycles. The Balaban J connectivity index is 0.961. The topological polar surface area (TPSA) is 16.3 Å². The van der Waals surface area contributed by atoms with Gasteiger partial charge in [0.05, 0.1) is 27.5 Å². The van der Waals surface area contributed by atoms with Crippen molar-refractivity contribution in [2.45, 2.75) is 5.41 Å². The molecule has 0 fully saturated rings. The van der Waals surface area contributed by atoms with E-state index in [-0.39, 0.29) is 0 Å². The third kappa shape index (κ3) is 7.51. The molecule has 0 spiro atoms. The Kier molecular flexibility index (Phi) is 11.1. The largest absolute Gasteiger partial charge is 0.310 e. The molecule has 14 aromatic rings. The van der Waals surface area contributed by atoms with Crippen molar-refractivity contribution in [2.24, 2.45) is 0 Å². The van der Waals surface area contributed by atoms with Gasteiger partial charge in [-0.3, -0.25) is 0 Å². The lowest BCUT2D eigenvalue weighted by Gasteiger charge is -2.35. The van der Waals surface area contributed by atoms with Crippen molar-refractivity contribution >= 4 is 77.7 Å². The van der Waals surface area contributed by atoms with E-state index in [0.717, 1.165) is 111 Å². The SMILES string of the molecule is Fc1ccc(N(c2ccc3c(c2)C(c2ccccc2)(c2ccccc2)c2cc(N(c4ccc(F)c(F)c4)c4ccc5c(c4)c4ccccc4n5-c4ccccc4)ccc2-3)c2ccc3c(c2)c2ccccc2n3-c2ccccc2)cc1F. The van der Waals surface area contributed by atoms with E-state index in [1.165, 1.54) is 24.3 Å². The van der Waals surface area contributed by atoms with Crippen LogP contribution in [0.4, 0.5) is 51.7 Å². The Morgan fingerprint density at radius 2 is 0.580 bits per heavy atom. The number of nitrogens with zero attached hydrogens (tertiary/aromatic N) is 4. The highest BCUT2D eigenvalue weighted by Crippen LogP contribution is 2.59. The van der Waals surface area contributed by atoms with E-state index in [9.17, 15) is 0 Å². The Bertz CT molecular complexity index is 4460. The van der Waals surface area contributed by atoms with E-state index in [1.807, 2.05) is 94.7 Å². The molecule has 4 nitrogen and oxygen atoms in total. The zero-order chi connectivity index (χ0) is 54.3. The van der Waals surface area contributed by atoms with Gasteiger partial charge in [0.15, 0.2) is 23.3 Å². The van der Waals surface area contributed by atoms with Crippen molar-refractivity contribution in [3.8, 4) is 22.5 Å². The summed E-state index contributed by atoms with van der Waals surface area (Å²) in [6, 6.07) is 91.4. The number of aromatic nitrogens is 2.